The minimum absolute atomic E-state index is 0.620. The normalized spacial score (nSPS) is 14.0. The van der Waals surface area contributed by atoms with E-state index in [0.717, 1.165) is 59.6 Å². The van der Waals surface area contributed by atoms with Crippen LogP contribution in [0.15, 0.2) is 60.8 Å². The fraction of sp³-hybridized carbons (Fsp3) is 0.200. The van der Waals surface area contributed by atoms with Crippen LogP contribution in [0.5, 0.6) is 0 Å². The molecule has 3 heterocycles. The molecule has 5 rings (SSSR count). The van der Waals surface area contributed by atoms with Crippen LogP contribution in [-0.2, 0) is 7.05 Å². The first-order valence-electron chi connectivity index (χ1n) is 10.4. The molecule has 0 amide bonds. The van der Waals surface area contributed by atoms with Crippen LogP contribution in [0.4, 0.5) is 5.69 Å². The van der Waals surface area contributed by atoms with E-state index >= 15 is 0 Å². The zero-order chi connectivity index (χ0) is 21.4. The van der Waals surface area contributed by atoms with Gasteiger partial charge in [0.2, 0.25) is 0 Å². The summed E-state index contributed by atoms with van der Waals surface area (Å²) in [6.45, 7) is 4.04. The molecule has 154 valence electrons. The zero-order valence-electron chi connectivity index (χ0n) is 17.3. The number of hydrogen-bond acceptors (Lipinski definition) is 4. The lowest BCUT2D eigenvalue weighted by Crippen LogP contribution is -2.43. The lowest BCUT2D eigenvalue weighted by atomic mass is 9.97. The van der Waals surface area contributed by atoms with Crippen molar-refractivity contribution in [3.8, 4) is 28.5 Å². The van der Waals surface area contributed by atoms with Crippen molar-refractivity contribution in [3.05, 3.63) is 71.4 Å². The average molecular weight is 428 g/mol. The molecule has 0 spiro atoms. The summed E-state index contributed by atoms with van der Waals surface area (Å²) in [7, 11) is 2.02. The van der Waals surface area contributed by atoms with Gasteiger partial charge in [-0.05, 0) is 41.5 Å². The largest absolute Gasteiger partial charge is 0.369 e. The molecule has 0 saturated carbocycles. The van der Waals surface area contributed by atoms with Crippen LogP contribution in [0.2, 0.25) is 5.02 Å². The summed E-state index contributed by atoms with van der Waals surface area (Å²) in [5.74, 6) is 0. The first kappa shape index (κ1) is 19.6. The van der Waals surface area contributed by atoms with Gasteiger partial charge in [0.15, 0.2) is 0 Å². The van der Waals surface area contributed by atoms with E-state index in [1.165, 1.54) is 5.69 Å². The average Bonchev–Trinajstić information content (AvgIpc) is 3.13. The van der Waals surface area contributed by atoms with Gasteiger partial charge < -0.3 is 14.8 Å². The number of pyridine rings is 1. The van der Waals surface area contributed by atoms with Gasteiger partial charge in [0.25, 0.3) is 0 Å². The summed E-state index contributed by atoms with van der Waals surface area (Å²) in [6.07, 6.45) is 1.73. The molecule has 5 nitrogen and oxygen atoms in total. The minimum Gasteiger partial charge on any atom is -0.369 e. The maximum atomic E-state index is 9.42. The van der Waals surface area contributed by atoms with E-state index in [1.807, 2.05) is 37.4 Å². The molecule has 1 aliphatic rings. The van der Waals surface area contributed by atoms with Gasteiger partial charge in [-0.25, -0.2) is 4.98 Å². The quantitative estimate of drug-likeness (QED) is 0.508. The Morgan fingerprint density at radius 3 is 2.55 bits per heavy atom. The van der Waals surface area contributed by atoms with E-state index in [4.69, 9.17) is 11.6 Å². The number of nitriles is 1. The van der Waals surface area contributed by atoms with E-state index < -0.39 is 0 Å². The Hall–Kier alpha value is -3.33. The zero-order valence-corrected chi connectivity index (χ0v) is 18.0. The molecular weight excluding hydrogens is 406 g/mol. The molecule has 0 unspecified atom stereocenters. The standard InChI is InChI=1S/C25H22ClN5/c1-30-24(18-5-7-20(8-6-18)31-13-11-28-12-14-31)22(19-4-2-3-17(15-19)16-27)23-21(26)9-10-29-25(23)30/h2-10,15,28H,11-14H2,1H3. The van der Waals surface area contributed by atoms with Gasteiger partial charge in [-0.15, -0.1) is 0 Å². The number of benzene rings is 2. The Kier molecular flexibility index (Phi) is 5.11. The predicted molar refractivity (Wildman–Crippen MR) is 126 cm³/mol. The second-order valence-corrected chi connectivity index (χ2v) is 8.16. The van der Waals surface area contributed by atoms with Crippen LogP contribution in [0.3, 0.4) is 0 Å². The Morgan fingerprint density at radius 2 is 1.81 bits per heavy atom. The molecule has 0 aliphatic carbocycles. The van der Waals surface area contributed by atoms with Crippen molar-refractivity contribution in [1.29, 1.82) is 5.26 Å². The molecule has 4 aromatic rings. The van der Waals surface area contributed by atoms with E-state index in [0.29, 0.717) is 10.6 Å². The van der Waals surface area contributed by atoms with Gasteiger partial charge in [0.05, 0.1) is 22.3 Å². The molecule has 1 aliphatic heterocycles. The number of fused-ring (bicyclic) bond motifs is 1. The van der Waals surface area contributed by atoms with Crippen LogP contribution in [-0.4, -0.2) is 35.7 Å². The third kappa shape index (κ3) is 3.44. The molecule has 6 heteroatoms. The van der Waals surface area contributed by atoms with Gasteiger partial charge in [-0.3, -0.25) is 0 Å². The van der Waals surface area contributed by atoms with Crippen molar-refractivity contribution in [2.24, 2.45) is 7.05 Å². The number of nitrogens with zero attached hydrogens (tertiary/aromatic N) is 4. The molecule has 1 N–H and O–H groups in total. The van der Waals surface area contributed by atoms with Crippen LogP contribution >= 0.6 is 11.6 Å². The highest BCUT2D eigenvalue weighted by Gasteiger charge is 2.22. The molecule has 2 aromatic heterocycles. The maximum Gasteiger partial charge on any atom is 0.142 e. The Bertz CT molecular complexity index is 1290. The molecule has 1 fully saturated rings. The fourth-order valence-electron chi connectivity index (χ4n) is 4.42. The van der Waals surface area contributed by atoms with Crippen LogP contribution in [0.25, 0.3) is 33.4 Å². The molecule has 31 heavy (non-hydrogen) atoms. The van der Waals surface area contributed by atoms with E-state index in [2.05, 4.69) is 50.1 Å². The van der Waals surface area contributed by atoms with Gasteiger partial charge in [-0.2, -0.15) is 5.26 Å². The molecule has 0 atom stereocenters. The lowest BCUT2D eigenvalue weighted by Gasteiger charge is -2.29. The summed E-state index contributed by atoms with van der Waals surface area (Å²) in [6, 6.07) is 20.4. The highest BCUT2D eigenvalue weighted by molar-refractivity contribution is 6.37. The van der Waals surface area contributed by atoms with Crippen LogP contribution < -0.4 is 10.2 Å². The molecule has 1 saturated heterocycles. The van der Waals surface area contributed by atoms with Crippen molar-refractivity contribution in [3.63, 3.8) is 0 Å². The number of aryl methyl sites for hydroxylation is 1. The molecule has 0 radical (unpaired) electrons. The third-order valence-corrected chi connectivity index (χ3v) is 6.24. The third-order valence-electron chi connectivity index (χ3n) is 5.92. The van der Waals surface area contributed by atoms with E-state index in [-0.39, 0.29) is 0 Å². The molecule has 2 aromatic carbocycles. The van der Waals surface area contributed by atoms with E-state index in [1.54, 1.807) is 6.20 Å². The number of aromatic nitrogens is 2. The Morgan fingerprint density at radius 1 is 1.03 bits per heavy atom. The monoisotopic (exact) mass is 427 g/mol. The number of anilines is 1. The molecular formula is C25H22ClN5. The smallest absolute Gasteiger partial charge is 0.142 e. The number of rotatable bonds is 3. The highest BCUT2D eigenvalue weighted by Crippen LogP contribution is 2.42. The number of halogens is 1. The van der Waals surface area contributed by atoms with Crippen LogP contribution in [0, 0.1) is 11.3 Å². The lowest BCUT2D eigenvalue weighted by molar-refractivity contribution is 0.589. The summed E-state index contributed by atoms with van der Waals surface area (Å²) < 4.78 is 2.09. The van der Waals surface area contributed by atoms with Gasteiger partial charge in [-0.1, -0.05) is 35.9 Å². The number of hydrogen-bond donors (Lipinski definition) is 1. The Balaban J connectivity index is 1.70. The highest BCUT2D eigenvalue weighted by atomic mass is 35.5. The van der Waals surface area contributed by atoms with Crippen molar-refractivity contribution in [2.45, 2.75) is 0 Å². The second kappa shape index (κ2) is 8.07. The SMILES string of the molecule is Cn1c(-c2ccc(N3CCNCC3)cc2)c(-c2cccc(C#N)c2)c2c(Cl)ccnc21. The predicted octanol–water partition coefficient (Wildman–Crippen LogP) is 4.84. The minimum atomic E-state index is 0.620. The fourth-order valence-corrected chi connectivity index (χ4v) is 4.66. The molecule has 0 bridgehead atoms. The first-order chi connectivity index (χ1) is 15.2. The van der Waals surface area contributed by atoms with Gasteiger partial charge in [0.1, 0.15) is 5.65 Å². The van der Waals surface area contributed by atoms with Gasteiger partial charge >= 0.3 is 0 Å². The maximum absolute atomic E-state index is 9.42. The van der Waals surface area contributed by atoms with Crippen molar-refractivity contribution in [1.82, 2.24) is 14.9 Å². The van der Waals surface area contributed by atoms with E-state index in [9.17, 15) is 5.26 Å². The van der Waals surface area contributed by atoms with Crippen molar-refractivity contribution >= 4 is 28.3 Å². The number of piperazine rings is 1. The summed E-state index contributed by atoms with van der Waals surface area (Å²) in [5, 5.41) is 14.4. The summed E-state index contributed by atoms with van der Waals surface area (Å²) in [5.41, 5.74) is 6.77. The second-order valence-electron chi connectivity index (χ2n) is 7.75. The summed E-state index contributed by atoms with van der Waals surface area (Å²) >= 11 is 6.65. The summed E-state index contributed by atoms with van der Waals surface area (Å²) in [4.78, 5) is 7.01. The van der Waals surface area contributed by atoms with Crippen molar-refractivity contribution < 1.29 is 0 Å². The number of nitrogens with one attached hydrogen (secondary N) is 1. The first-order valence-corrected chi connectivity index (χ1v) is 10.7. The Labute approximate surface area is 186 Å². The van der Waals surface area contributed by atoms with Crippen molar-refractivity contribution in [2.75, 3.05) is 31.1 Å². The topological polar surface area (TPSA) is 56.9 Å². The van der Waals surface area contributed by atoms with Gasteiger partial charge in [0, 0.05) is 56.1 Å². The van der Waals surface area contributed by atoms with Crippen LogP contribution in [0.1, 0.15) is 5.56 Å².